The molecule has 1 N–H and O–H groups in total. The zero-order valence-corrected chi connectivity index (χ0v) is 13.7. The van der Waals surface area contributed by atoms with E-state index in [4.69, 9.17) is 9.47 Å². The van der Waals surface area contributed by atoms with Crippen LogP contribution in [0.3, 0.4) is 0 Å². The van der Waals surface area contributed by atoms with Crippen molar-refractivity contribution in [1.82, 2.24) is 10.3 Å². The Morgan fingerprint density at radius 3 is 2.48 bits per heavy atom. The molecule has 1 aromatic carbocycles. The highest BCUT2D eigenvalue weighted by Gasteiger charge is 2.23. The van der Waals surface area contributed by atoms with Gasteiger partial charge in [0.25, 0.3) is 0 Å². The maximum Gasteiger partial charge on any atom is 0.124 e. The average molecular weight is 313 g/mol. The monoisotopic (exact) mass is 313 g/mol. The van der Waals surface area contributed by atoms with E-state index in [-0.39, 0.29) is 0 Å². The zero-order chi connectivity index (χ0) is 16.1. The largest absolute Gasteiger partial charge is 0.497 e. The normalized spacial score (nSPS) is 17.3. The third-order valence-corrected chi connectivity index (χ3v) is 4.23. The summed E-state index contributed by atoms with van der Waals surface area (Å²) < 4.78 is 10.7. The van der Waals surface area contributed by atoms with Crippen molar-refractivity contribution in [1.29, 1.82) is 0 Å². The highest BCUT2D eigenvalue weighted by molar-refractivity contribution is 5.56. The van der Waals surface area contributed by atoms with Gasteiger partial charge in [0.1, 0.15) is 11.5 Å². The lowest BCUT2D eigenvalue weighted by Crippen LogP contribution is -2.32. The van der Waals surface area contributed by atoms with Gasteiger partial charge in [-0.05, 0) is 24.1 Å². The molecule has 1 saturated heterocycles. The first-order valence-corrected chi connectivity index (χ1v) is 7.89. The van der Waals surface area contributed by atoms with Gasteiger partial charge in [-0.2, -0.15) is 0 Å². The number of methoxy groups -OCH3 is 2. The van der Waals surface area contributed by atoms with E-state index in [9.17, 15) is 0 Å². The topological polar surface area (TPSA) is 46.6 Å². The van der Waals surface area contributed by atoms with Crippen molar-refractivity contribution in [2.45, 2.75) is 19.0 Å². The highest BCUT2D eigenvalue weighted by Crippen LogP contribution is 2.30. The van der Waals surface area contributed by atoms with Crippen LogP contribution < -0.4 is 19.7 Å². The second-order valence-electron chi connectivity index (χ2n) is 5.74. The van der Waals surface area contributed by atoms with E-state index in [2.05, 4.69) is 27.3 Å². The molecule has 0 spiro atoms. The molecule has 0 bridgehead atoms. The summed E-state index contributed by atoms with van der Waals surface area (Å²) in [6, 6.07) is 10.6. The van der Waals surface area contributed by atoms with E-state index in [1.54, 1.807) is 14.2 Å². The highest BCUT2D eigenvalue weighted by atomic mass is 16.5. The van der Waals surface area contributed by atoms with Crippen molar-refractivity contribution >= 4 is 5.69 Å². The smallest absolute Gasteiger partial charge is 0.124 e. The fourth-order valence-electron chi connectivity index (χ4n) is 2.90. The Labute approximate surface area is 137 Å². The Balaban J connectivity index is 1.61. The second kappa shape index (κ2) is 7.33. The quantitative estimate of drug-likeness (QED) is 0.888. The van der Waals surface area contributed by atoms with Crippen LogP contribution in [0.5, 0.6) is 11.5 Å². The van der Waals surface area contributed by atoms with E-state index in [1.807, 2.05) is 30.6 Å². The van der Waals surface area contributed by atoms with Crippen LogP contribution in [0.4, 0.5) is 5.69 Å². The van der Waals surface area contributed by atoms with Gasteiger partial charge in [0, 0.05) is 62.0 Å². The molecule has 0 radical (unpaired) electrons. The van der Waals surface area contributed by atoms with Gasteiger partial charge in [0.05, 0.1) is 14.2 Å². The lowest BCUT2D eigenvalue weighted by atomic mass is 10.2. The molecule has 1 aliphatic rings. The van der Waals surface area contributed by atoms with Crippen molar-refractivity contribution in [3.8, 4) is 11.5 Å². The molecule has 122 valence electrons. The Morgan fingerprint density at radius 2 is 1.83 bits per heavy atom. The fourth-order valence-corrected chi connectivity index (χ4v) is 2.90. The molecule has 0 aliphatic carbocycles. The summed E-state index contributed by atoms with van der Waals surface area (Å²) in [6.07, 6.45) is 4.80. The van der Waals surface area contributed by atoms with Crippen LogP contribution in [0.25, 0.3) is 0 Å². The van der Waals surface area contributed by atoms with Crippen LogP contribution in [-0.2, 0) is 6.54 Å². The maximum atomic E-state index is 5.36. The molecule has 1 aromatic heterocycles. The minimum atomic E-state index is 0.486. The van der Waals surface area contributed by atoms with E-state index in [1.165, 1.54) is 5.56 Å². The summed E-state index contributed by atoms with van der Waals surface area (Å²) >= 11 is 0. The molecule has 2 aromatic rings. The van der Waals surface area contributed by atoms with Gasteiger partial charge < -0.3 is 19.7 Å². The van der Waals surface area contributed by atoms with Crippen LogP contribution in [0.2, 0.25) is 0 Å². The lowest BCUT2D eigenvalue weighted by Gasteiger charge is -2.20. The first-order valence-electron chi connectivity index (χ1n) is 7.89. The Bertz CT molecular complexity index is 611. The number of hydrogen-bond acceptors (Lipinski definition) is 5. The Hall–Kier alpha value is -2.27. The number of benzene rings is 1. The summed E-state index contributed by atoms with van der Waals surface area (Å²) in [6.45, 7) is 2.90. The summed E-state index contributed by atoms with van der Waals surface area (Å²) in [5.74, 6) is 1.65. The summed E-state index contributed by atoms with van der Waals surface area (Å²) in [5, 5.41) is 3.62. The zero-order valence-electron chi connectivity index (χ0n) is 13.7. The number of aromatic nitrogens is 1. The molecule has 5 nitrogen and oxygen atoms in total. The van der Waals surface area contributed by atoms with Crippen molar-refractivity contribution in [2.24, 2.45) is 0 Å². The molecule has 1 aliphatic heterocycles. The van der Waals surface area contributed by atoms with Crippen LogP contribution >= 0.6 is 0 Å². The number of anilines is 1. The number of ether oxygens (including phenoxy) is 2. The van der Waals surface area contributed by atoms with Gasteiger partial charge in [0.15, 0.2) is 0 Å². The third-order valence-electron chi connectivity index (χ3n) is 4.23. The number of hydrogen-bond donors (Lipinski definition) is 1. The molecule has 5 heteroatoms. The van der Waals surface area contributed by atoms with Gasteiger partial charge in [-0.25, -0.2) is 0 Å². The van der Waals surface area contributed by atoms with Crippen LogP contribution in [0.15, 0.2) is 42.7 Å². The van der Waals surface area contributed by atoms with Gasteiger partial charge in [-0.1, -0.05) is 0 Å². The van der Waals surface area contributed by atoms with Crippen molar-refractivity contribution in [2.75, 3.05) is 32.2 Å². The molecule has 23 heavy (non-hydrogen) atoms. The van der Waals surface area contributed by atoms with E-state index in [0.717, 1.165) is 43.2 Å². The Kier molecular flexibility index (Phi) is 4.98. The molecule has 1 atom stereocenters. The number of nitrogens with one attached hydrogen (secondary N) is 1. The predicted octanol–water partition coefficient (Wildman–Crippen LogP) is 2.47. The van der Waals surface area contributed by atoms with E-state index in [0.29, 0.717) is 6.04 Å². The lowest BCUT2D eigenvalue weighted by molar-refractivity contribution is 0.394. The fraction of sp³-hybridized carbons (Fsp3) is 0.389. The predicted molar refractivity (Wildman–Crippen MR) is 91.2 cm³/mol. The van der Waals surface area contributed by atoms with Crippen molar-refractivity contribution in [3.63, 3.8) is 0 Å². The van der Waals surface area contributed by atoms with E-state index >= 15 is 0 Å². The first-order chi connectivity index (χ1) is 11.3. The van der Waals surface area contributed by atoms with Crippen LogP contribution in [0.1, 0.15) is 12.0 Å². The molecule has 3 rings (SSSR count). The summed E-state index contributed by atoms with van der Waals surface area (Å²) in [4.78, 5) is 6.42. The first kappa shape index (κ1) is 15.6. The average Bonchev–Trinajstić information content (AvgIpc) is 3.09. The molecule has 1 fully saturated rings. The SMILES string of the molecule is COc1cc(OC)cc(N2CCC(NCc3ccncc3)C2)c1. The minimum Gasteiger partial charge on any atom is -0.497 e. The standard InChI is InChI=1S/C18H23N3O2/c1-22-17-9-16(10-18(11-17)23-2)21-8-5-15(13-21)20-12-14-3-6-19-7-4-14/h3-4,6-7,9-11,15,20H,5,8,12-13H2,1-2H3. The molecule has 1 unspecified atom stereocenters. The van der Waals surface area contributed by atoms with Crippen molar-refractivity contribution < 1.29 is 9.47 Å². The molecule has 2 heterocycles. The molecule has 0 amide bonds. The maximum absolute atomic E-state index is 5.36. The van der Waals surface area contributed by atoms with Gasteiger partial charge >= 0.3 is 0 Å². The summed E-state index contributed by atoms with van der Waals surface area (Å²) in [5.41, 5.74) is 2.41. The number of nitrogens with zero attached hydrogens (tertiary/aromatic N) is 2. The number of pyridine rings is 1. The molecular formula is C18H23N3O2. The van der Waals surface area contributed by atoms with Gasteiger partial charge in [0.2, 0.25) is 0 Å². The van der Waals surface area contributed by atoms with Crippen LogP contribution in [-0.4, -0.2) is 38.3 Å². The summed E-state index contributed by atoms with van der Waals surface area (Å²) in [7, 11) is 3.36. The third kappa shape index (κ3) is 3.93. The van der Waals surface area contributed by atoms with Crippen molar-refractivity contribution in [3.05, 3.63) is 48.3 Å². The molecular weight excluding hydrogens is 290 g/mol. The van der Waals surface area contributed by atoms with Crippen LogP contribution in [0, 0.1) is 0 Å². The Morgan fingerprint density at radius 1 is 1.13 bits per heavy atom. The molecule has 0 saturated carbocycles. The van der Waals surface area contributed by atoms with Gasteiger partial charge in [-0.3, -0.25) is 4.98 Å². The second-order valence-corrected chi connectivity index (χ2v) is 5.74. The van der Waals surface area contributed by atoms with E-state index < -0.39 is 0 Å². The minimum absolute atomic E-state index is 0.486. The van der Waals surface area contributed by atoms with Gasteiger partial charge in [-0.15, -0.1) is 0 Å². The number of rotatable bonds is 6.